The van der Waals surface area contributed by atoms with E-state index in [0.29, 0.717) is 11.1 Å². The van der Waals surface area contributed by atoms with Crippen molar-refractivity contribution in [1.82, 2.24) is 20.0 Å². The van der Waals surface area contributed by atoms with E-state index in [2.05, 4.69) is 20.4 Å². The molecule has 3 aromatic rings. The molecular formula is C28H29F5N4O5. The Bertz CT molecular complexity index is 1550. The zero-order valence-electron chi connectivity index (χ0n) is 23.2. The lowest BCUT2D eigenvalue weighted by Gasteiger charge is -2.29. The van der Waals surface area contributed by atoms with Crippen LogP contribution in [-0.2, 0) is 16.1 Å². The van der Waals surface area contributed by atoms with Crippen LogP contribution in [-0.4, -0.2) is 45.6 Å². The van der Waals surface area contributed by atoms with Gasteiger partial charge in [0.15, 0.2) is 11.4 Å². The molecule has 1 aromatic carbocycles. The number of benzene rings is 1. The SMILES string of the molecule is CCC(C)(CNC(=O)c1c(C)nc2c(OCc3c(F)ccc(C4CC4)c3F)cc(C)cn12)NC(=O)OC(=O)C(F)(F)F. The van der Waals surface area contributed by atoms with Gasteiger partial charge in [0.2, 0.25) is 0 Å². The molecule has 226 valence electrons. The third kappa shape index (κ3) is 6.63. The molecule has 2 heterocycles. The van der Waals surface area contributed by atoms with Gasteiger partial charge in [0.05, 0.1) is 16.8 Å². The molecule has 1 aliphatic carbocycles. The number of carbonyl (C=O) groups is 3. The summed E-state index contributed by atoms with van der Waals surface area (Å²) in [6.45, 7) is 5.70. The maximum absolute atomic E-state index is 15.0. The Morgan fingerprint density at radius 2 is 1.83 bits per heavy atom. The molecule has 0 saturated heterocycles. The second-order valence-electron chi connectivity index (χ2n) is 10.5. The van der Waals surface area contributed by atoms with Crippen LogP contribution in [0.3, 0.4) is 0 Å². The zero-order valence-corrected chi connectivity index (χ0v) is 23.2. The minimum atomic E-state index is -5.35. The minimum Gasteiger partial charge on any atom is -0.485 e. The number of alkyl halides is 3. The standard InChI is InChI=1S/C28H29F5N4O5/c1-5-27(4,36-26(40)42-25(39)28(31,32)33)13-34-24(38)22-15(3)35-23-20(10-14(2)11-37(22)23)41-12-18-19(29)9-8-17(21(18)30)16-6-7-16/h8-11,16H,5-7,12-13H2,1-4H3,(H,34,38)(H,36,40). The highest BCUT2D eigenvalue weighted by Gasteiger charge is 2.43. The average Bonchev–Trinajstić information content (AvgIpc) is 3.68. The number of hydrogen-bond acceptors (Lipinski definition) is 6. The monoisotopic (exact) mass is 596 g/mol. The van der Waals surface area contributed by atoms with E-state index in [1.54, 1.807) is 33.0 Å². The summed E-state index contributed by atoms with van der Waals surface area (Å²) in [6, 6.07) is 4.29. The number of halogens is 5. The predicted molar refractivity (Wildman–Crippen MR) is 139 cm³/mol. The molecule has 1 atom stereocenters. The molecule has 1 aliphatic rings. The van der Waals surface area contributed by atoms with Crippen molar-refractivity contribution in [2.45, 2.75) is 71.2 Å². The van der Waals surface area contributed by atoms with Crippen molar-refractivity contribution in [1.29, 1.82) is 0 Å². The maximum Gasteiger partial charge on any atom is 0.491 e. The van der Waals surface area contributed by atoms with Crippen molar-refractivity contribution in [3.8, 4) is 5.75 Å². The van der Waals surface area contributed by atoms with Crippen LogP contribution in [0.25, 0.3) is 5.65 Å². The Morgan fingerprint density at radius 3 is 2.45 bits per heavy atom. The fraction of sp³-hybridized carbons (Fsp3) is 0.429. The number of fused-ring (bicyclic) bond motifs is 1. The molecule has 1 saturated carbocycles. The molecule has 2 N–H and O–H groups in total. The summed E-state index contributed by atoms with van der Waals surface area (Å²) >= 11 is 0. The summed E-state index contributed by atoms with van der Waals surface area (Å²) in [5, 5.41) is 4.79. The van der Waals surface area contributed by atoms with Crippen molar-refractivity contribution in [3.63, 3.8) is 0 Å². The Labute approximate surface area is 237 Å². The van der Waals surface area contributed by atoms with Crippen LogP contribution in [0.1, 0.15) is 71.9 Å². The Balaban J connectivity index is 1.51. The first-order chi connectivity index (χ1) is 19.6. The second-order valence-corrected chi connectivity index (χ2v) is 10.5. The van der Waals surface area contributed by atoms with Gasteiger partial charge in [-0.25, -0.2) is 23.4 Å². The van der Waals surface area contributed by atoms with E-state index in [9.17, 15) is 31.9 Å². The van der Waals surface area contributed by atoms with E-state index in [4.69, 9.17) is 4.74 Å². The molecule has 2 amide bonds. The van der Waals surface area contributed by atoms with Crippen LogP contribution in [0.15, 0.2) is 24.4 Å². The van der Waals surface area contributed by atoms with Gasteiger partial charge in [-0.3, -0.25) is 9.20 Å². The van der Waals surface area contributed by atoms with Crippen LogP contribution in [0.4, 0.5) is 26.7 Å². The molecule has 0 spiro atoms. The molecule has 1 fully saturated rings. The van der Waals surface area contributed by atoms with Gasteiger partial charge in [-0.15, -0.1) is 0 Å². The van der Waals surface area contributed by atoms with Gasteiger partial charge >= 0.3 is 18.2 Å². The van der Waals surface area contributed by atoms with Gasteiger partial charge in [0.25, 0.3) is 5.91 Å². The molecule has 4 rings (SSSR count). The lowest BCUT2D eigenvalue weighted by atomic mass is 9.99. The number of nitrogens with one attached hydrogen (secondary N) is 2. The van der Waals surface area contributed by atoms with Gasteiger partial charge in [-0.05, 0) is 69.2 Å². The van der Waals surface area contributed by atoms with E-state index < -0.39 is 47.9 Å². The van der Waals surface area contributed by atoms with Gasteiger partial charge < -0.3 is 20.1 Å². The number of rotatable bonds is 9. The lowest BCUT2D eigenvalue weighted by Crippen LogP contribution is -2.54. The number of pyridine rings is 1. The topological polar surface area (TPSA) is 111 Å². The van der Waals surface area contributed by atoms with E-state index in [1.165, 1.54) is 23.5 Å². The molecular weight excluding hydrogens is 567 g/mol. The smallest absolute Gasteiger partial charge is 0.485 e. The van der Waals surface area contributed by atoms with Crippen LogP contribution in [0.2, 0.25) is 0 Å². The van der Waals surface area contributed by atoms with Crippen molar-refractivity contribution in [2.75, 3.05) is 6.54 Å². The summed E-state index contributed by atoms with van der Waals surface area (Å²) in [6.07, 6.45) is -3.51. The summed E-state index contributed by atoms with van der Waals surface area (Å²) in [5.74, 6) is -4.42. The quantitative estimate of drug-likeness (QED) is 0.195. The second kappa shape index (κ2) is 11.6. The normalized spacial score (nSPS) is 14.8. The van der Waals surface area contributed by atoms with Crippen LogP contribution in [0, 0.1) is 25.5 Å². The summed E-state index contributed by atoms with van der Waals surface area (Å²) in [5.41, 5.74) is 0.218. The fourth-order valence-corrected chi connectivity index (χ4v) is 4.38. The molecule has 42 heavy (non-hydrogen) atoms. The summed E-state index contributed by atoms with van der Waals surface area (Å²) in [4.78, 5) is 40.5. The van der Waals surface area contributed by atoms with Crippen LogP contribution >= 0.6 is 0 Å². The van der Waals surface area contributed by atoms with E-state index in [1.807, 2.05) is 0 Å². The van der Waals surface area contributed by atoms with Crippen molar-refractivity contribution in [3.05, 3.63) is 64.1 Å². The molecule has 14 heteroatoms. The Morgan fingerprint density at radius 1 is 1.14 bits per heavy atom. The molecule has 1 unspecified atom stereocenters. The third-order valence-corrected chi connectivity index (χ3v) is 7.06. The maximum atomic E-state index is 15.0. The van der Waals surface area contributed by atoms with Crippen molar-refractivity contribution in [2.24, 2.45) is 0 Å². The fourth-order valence-electron chi connectivity index (χ4n) is 4.38. The summed E-state index contributed by atoms with van der Waals surface area (Å²) in [7, 11) is 0. The Kier molecular flexibility index (Phi) is 8.46. The summed E-state index contributed by atoms with van der Waals surface area (Å²) < 4.78 is 77.8. The van der Waals surface area contributed by atoms with Crippen molar-refractivity contribution >= 4 is 23.6 Å². The minimum absolute atomic E-state index is 0.0730. The van der Waals surface area contributed by atoms with Gasteiger partial charge in [0, 0.05) is 12.7 Å². The number of hydrogen-bond donors (Lipinski definition) is 2. The van der Waals surface area contributed by atoms with Gasteiger partial charge in [0.1, 0.15) is 23.9 Å². The van der Waals surface area contributed by atoms with Crippen LogP contribution < -0.4 is 15.4 Å². The molecule has 0 radical (unpaired) electrons. The Hall–Kier alpha value is -4.23. The number of nitrogens with zero attached hydrogens (tertiary/aromatic N) is 2. The number of carbonyl (C=O) groups excluding carboxylic acids is 3. The zero-order chi connectivity index (χ0) is 31.0. The van der Waals surface area contributed by atoms with Gasteiger partial charge in [-0.1, -0.05) is 13.0 Å². The number of esters is 1. The highest BCUT2D eigenvalue weighted by molar-refractivity contribution is 5.95. The average molecular weight is 597 g/mol. The van der Waals surface area contributed by atoms with Gasteiger partial charge in [-0.2, -0.15) is 13.2 Å². The molecule has 0 bridgehead atoms. The molecule has 2 aromatic heterocycles. The van der Waals surface area contributed by atoms with Crippen molar-refractivity contribution < 1.29 is 45.8 Å². The number of amides is 2. The third-order valence-electron chi connectivity index (χ3n) is 7.06. The van der Waals surface area contributed by atoms with E-state index in [0.717, 1.165) is 12.8 Å². The highest BCUT2D eigenvalue weighted by atomic mass is 19.4. The number of aromatic nitrogens is 2. The number of alkyl carbamates (subject to hydrolysis) is 1. The highest BCUT2D eigenvalue weighted by Crippen LogP contribution is 2.42. The first-order valence-corrected chi connectivity index (χ1v) is 13.1. The first-order valence-electron chi connectivity index (χ1n) is 13.1. The number of ether oxygens (including phenoxy) is 2. The first kappa shape index (κ1) is 30.7. The number of aryl methyl sites for hydroxylation is 2. The number of imidazole rings is 1. The van der Waals surface area contributed by atoms with E-state index >= 15 is 4.39 Å². The van der Waals surface area contributed by atoms with Crippen LogP contribution in [0.5, 0.6) is 5.75 Å². The predicted octanol–water partition coefficient (Wildman–Crippen LogP) is 5.40. The molecule has 0 aliphatic heterocycles. The lowest BCUT2D eigenvalue weighted by molar-refractivity contribution is -0.193. The molecule has 9 nitrogen and oxygen atoms in total. The largest absolute Gasteiger partial charge is 0.491 e. The van der Waals surface area contributed by atoms with E-state index in [-0.39, 0.29) is 47.2 Å².